The molecule has 2 fully saturated rings. The molecule has 2 unspecified atom stereocenters. The number of piperidine rings is 1. The van der Waals surface area contributed by atoms with E-state index in [2.05, 4.69) is 17.0 Å². The molecule has 0 spiro atoms. The van der Waals surface area contributed by atoms with Crippen LogP contribution in [0.1, 0.15) is 37.3 Å². The van der Waals surface area contributed by atoms with Crippen LogP contribution in [0.3, 0.4) is 0 Å². The van der Waals surface area contributed by atoms with E-state index in [4.69, 9.17) is 0 Å². The van der Waals surface area contributed by atoms with Crippen LogP contribution in [-0.4, -0.2) is 41.4 Å². The number of carbonyl (C=O) groups excluding carboxylic acids is 1. The number of benzene rings is 2. The number of carboxylic acids is 1. The van der Waals surface area contributed by atoms with E-state index in [0.717, 1.165) is 43.6 Å². The van der Waals surface area contributed by atoms with Gasteiger partial charge in [0.05, 0.1) is 10.8 Å². The SMILES string of the molecule is CC(=O)C1(c2ccccc2)CCN(CC2CC2(C(=O)O)c2ccccc2)CC1. The van der Waals surface area contributed by atoms with E-state index in [9.17, 15) is 14.7 Å². The molecular weight excluding hydrogens is 350 g/mol. The third-order valence-electron chi connectivity index (χ3n) is 6.96. The van der Waals surface area contributed by atoms with E-state index in [1.54, 1.807) is 6.92 Å². The fraction of sp³-hybridized carbons (Fsp3) is 0.417. The van der Waals surface area contributed by atoms with Gasteiger partial charge in [-0.3, -0.25) is 9.59 Å². The molecule has 0 bridgehead atoms. The lowest BCUT2D eigenvalue weighted by molar-refractivity contribution is -0.140. The summed E-state index contributed by atoms with van der Waals surface area (Å²) >= 11 is 0. The number of carboxylic acid groups (broad SMARTS) is 1. The van der Waals surface area contributed by atoms with Gasteiger partial charge in [0.25, 0.3) is 0 Å². The van der Waals surface area contributed by atoms with Crippen molar-refractivity contribution < 1.29 is 14.7 Å². The molecule has 1 saturated carbocycles. The second-order valence-electron chi connectivity index (χ2n) is 8.35. The minimum Gasteiger partial charge on any atom is -0.481 e. The van der Waals surface area contributed by atoms with Crippen molar-refractivity contribution in [2.45, 2.75) is 37.0 Å². The van der Waals surface area contributed by atoms with Gasteiger partial charge in [-0.15, -0.1) is 0 Å². The molecule has 4 nitrogen and oxygen atoms in total. The lowest BCUT2D eigenvalue weighted by Crippen LogP contribution is -2.47. The first kappa shape index (κ1) is 18.9. The van der Waals surface area contributed by atoms with Gasteiger partial charge in [-0.25, -0.2) is 0 Å². The first-order valence-electron chi connectivity index (χ1n) is 10.1. The number of aliphatic carboxylic acids is 1. The summed E-state index contributed by atoms with van der Waals surface area (Å²) in [4.78, 5) is 26.9. The Kier molecular flexibility index (Phi) is 4.84. The topological polar surface area (TPSA) is 57.6 Å². The predicted molar refractivity (Wildman–Crippen MR) is 108 cm³/mol. The van der Waals surface area contributed by atoms with Gasteiger partial charge in [-0.05, 0) is 56.3 Å². The van der Waals surface area contributed by atoms with Crippen LogP contribution in [0.4, 0.5) is 0 Å². The van der Waals surface area contributed by atoms with Crippen molar-refractivity contribution in [2.75, 3.05) is 19.6 Å². The van der Waals surface area contributed by atoms with Crippen molar-refractivity contribution in [3.8, 4) is 0 Å². The molecule has 2 aromatic rings. The number of carbonyl (C=O) groups is 2. The maximum absolute atomic E-state index is 12.5. The van der Waals surface area contributed by atoms with Crippen molar-refractivity contribution >= 4 is 11.8 Å². The highest BCUT2D eigenvalue weighted by Gasteiger charge is 2.61. The second kappa shape index (κ2) is 7.17. The van der Waals surface area contributed by atoms with Gasteiger partial charge in [-0.2, -0.15) is 0 Å². The van der Waals surface area contributed by atoms with E-state index < -0.39 is 16.8 Å². The molecule has 2 aromatic carbocycles. The minimum absolute atomic E-state index is 0.133. The average Bonchev–Trinajstić information content (AvgIpc) is 3.45. The Bertz CT molecular complexity index is 856. The molecule has 0 aromatic heterocycles. The number of likely N-dealkylation sites (tertiary alicyclic amines) is 1. The van der Waals surface area contributed by atoms with Gasteiger partial charge in [-0.1, -0.05) is 60.7 Å². The third-order valence-corrected chi connectivity index (χ3v) is 6.96. The number of hydrogen-bond donors (Lipinski definition) is 1. The molecule has 1 aliphatic heterocycles. The zero-order valence-corrected chi connectivity index (χ0v) is 16.3. The zero-order valence-electron chi connectivity index (χ0n) is 16.3. The molecule has 2 aliphatic rings. The van der Waals surface area contributed by atoms with Crippen LogP contribution < -0.4 is 0 Å². The molecular formula is C24H27NO3. The maximum Gasteiger partial charge on any atom is 0.314 e. The molecule has 4 rings (SSSR count). The largest absolute Gasteiger partial charge is 0.481 e. The summed E-state index contributed by atoms with van der Waals surface area (Å²) in [6.07, 6.45) is 2.29. The highest BCUT2D eigenvalue weighted by atomic mass is 16.4. The van der Waals surface area contributed by atoms with E-state index in [1.165, 1.54) is 0 Å². The number of Topliss-reactive ketones (excluding diaryl/α,β-unsaturated/α-hetero) is 1. The summed E-state index contributed by atoms with van der Waals surface area (Å²) in [6, 6.07) is 19.7. The first-order chi connectivity index (χ1) is 13.5. The number of hydrogen-bond acceptors (Lipinski definition) is 3. The van der Waals surface area contributed by atoms with Crippen molar-refractivity contribution in [1.82, 2.24) is 4.90 Å². The van der Waals surface area contributed by atoms with Crippen molar-refractivity contribution in [3.63, 3.8) is 0 Å². The lowest BCUT2D eigenvalue weighted by atomic mass is 9.70. The van der Waals surface area contributed by atoms with Gasteiger partial charge in [0, 0.05) is 6.54 Å². The summed E-state index contributed by atoms with van der Waals surface area (Å²) in [7, 11) is 0. The third kappa shape index (κ3) is 3.06. The van der Waals surface area contributed by atoms with E-state index in [0.29, 0.717) is 6.42 Å². The average molecular weight is 377 g/mol. The summed E-state index contributed by atoms with van der Waals surface area (Å²) < 4.78 is 0. The Morgan fingerprint density at radius 2 is 1.50 bits per heavy atom. The Balaban J connectivity index is 1.45. The lowest BCUT2D eigenvalue weighted by Gasteiger charge is -2.41. The normalized spacial score (nSPS) is 26.5. The Labute approximate surface area is 166 Å². The highest BCUT2D eigenvalue weighted by molar-refractivity contribution is 5.88. The van der Waals surface area contributed by atoms with Gasteiger partial charge in [0.1, 0.15) is 5.78 Å². The molecule has 0 amide bonds. The Morgan fingerprint density at radius 3 is 2.00 bits per heavy atom. The van der Waals surface area contributed by atoms with Gasteiger partial charge in [0.2, 0.25) is 0 Å². The molecule has 146 valence electrons. The Morgan fingerprint density at radius 1 is 0.964 bits per heavy atom. The van der Waals surface area contributed by atoms with Crippen LogP contribution in [-0.2, 0) is 20.4 Å². The second-order valence-corrected chi connectivity index (χ2v) is 8.35. The molecule has 4 heteroatoms. The number of rotatable bonds is 6. The van der Waals surface area contributed by atoms with Crippen LogP contribution in [0.15, 0.2) is 60.7 Å². The zero-order chi connectivity index (χ0) is 19.8. The standard InChI is InChI=1S/C24H27NO3/c1-18(26)23(19-8-4-2-5-9-19)12-14-25(15-13-23)17-21-16-24(21,22(27)28)20-10-6-3-7-11-20/h2-11,21H,12-17H2,1H3,(H,27,28). The predicted octanol–water partition coefficient (Wildman–Crippen LogP) is 3.65. The summed E-state index contributed by atoms with van der Waals surface area (Å²) in [5.74, 6) is -0.356. The van der Waals surface area contributed by atoms with Gasteiger partial charge < -0.3 is 10.0 Å². The molecule has 1 N–H and O–H groups in total. The fourth-order valence-corrected chi connectivity index (χ4v) is 5.05. The molecule has 1 aliphatic carbocycles. The highest BCUT2D eigenvalue weighted by Crippen LogP contribution is 2.55. The van der Waals surface area contributed by atoms with Crippen LogP contribution in [0.2, 0.25) is 0 Å². The number of nitrogens with zero attached hydrogens (tertiary/aromatic N) is 1. The van der Waals surface area contributed by atoms with Crippen molar-refractivity contribution in [2.24, 2.45) is 5.92 Å². The molecule has 2 atom stereocenters. The number of ketones is 1. The van der Waals surface area contributed by atoms with E-state index in [1.807, 2.05) is 48.5 Å². The first-order valence-corrected chi connectivity index (χ1v) is 10.1. The van der Waals surface area contributed by atoms with Crippen LogP contribution >= 0.6 is 0 Å². The molecule has 1 heterocycles. The maximum atomic E-state index is 12.5. The summed E-state index contributed by atoms with van der Waals surface area (Å²) in [6.45, 7) is 4.14. The van der Waals surface area contributed by atoms with E-state index >= 15 is 0 Å². The fourth-order valence-electron chi connectivity index (χ4n) is 5.05. The van der Waals surface area contributed by atoms with Crippen LogP contribution in [0, 0.1) is 5.92 Å². The van der Waals surface area contributed by atoms with Crippen LogP contribution in [0.5, 0.6) is 0 Å². The minimum atomic E-state index is -0.740. The van der Waals surface area contributed by atoms with Crippen molar-refractivity contribution in [3.05, 3.63) is 71.8 Å². The summed E-state index contributed by atoms with van der Waals surface area (Å²) in [5, 5.41) is 9.90. The van der Waals surface area contributed by atoms with E-state index in [-0.39, 0.29) is 11.7 Å². The monoisotopic (exact) mass is 377 g/mol. The Hall–Kier alpha value is -2.46. The van der Waals surface area contributed by atoms with Crippen LogP contribution in [0.25, 0.3) is 0 Å². The quantitative estimate of drug-likeness (QED) is 0.835. The van der Waals surface area contributed by atoms with Gasteiger partial charge in [0.15, 0.2) is 0 Å². The molecule has 1 saturated heterocycles. The summed E-state index contributed by atoms with van der Waals surface area (Å²) in [5.41, 5.74) is 0.880. The molecule has 0 radical (unpaired) electrons. The van der Waals surface area contributed by atoms with Gasteiger partial charge >= 0.3 is 5.97 Å². The molecule has 28 heavy (non-hydrogen) atoms. The van der Waals surface area contributed by atoms with Crippen molar-refractivity contribution in [1.29, 1.82) is 0 Å². The smallest absolute Gasteiger partial charge is 0.314 e.